The monoisotopic (exact) mass is 458 g/mol. The van der Waals surface area contributed by atoms with Crippen molar-refractivity contribution in [1.82, 2.24) is 9.13 Å². The second-order valence-corrected chi connectivity index (χ2v) is 8.85. The summed E-state index contributed by atoms with van der Waals surface area (Å²) in [4.78, 5) is 0. The zero-order valence-corrected chi connectivity index (χ0v) is 19.2. The summed E-state index contributed by atoms with van der Waals surface area (Å²) in [5.74, 6) is 0. The van der Waals surface area contributed by atoms with E-state index in [2.05, 4.69) is 69.8 Å². The first-order valence-corrected chi connectivity index (χ1v) is 11.8. The van der Waals surface area contributed by atoms with Gasteiger partial charge in [0, 0.05) is 27.2 Å². The van der Waals surface area contributed by atoms with Gasteiger partial charge in [0.25, 0.3) is 0 Å². The highest BCUT2D eigenvalue weighted by Gasteiger charge is 2.20. The Balaban J connectivity index is 1.66. The molecule has 0 N–H and O–H groups in total. The molecule has 4 nitrogen and oxygen atoms in total. The quantitative estimate of drug-likeness (QED) is 0.267. The summed E-state index contributed by atoms with van der Waals surface area (Å²) in [5, 5.41) is 24.9. The smallest absolute Gasteiger partial charge is 0.103 e. The minimum absolute atomic E-state index is 0.355. The first kappa shape index (κ1) is 20.1. The molecule has 5 aromatic carbocycles. The molecule has 0 bridgehead atoms. The highest BCUT2D eigenvalue weighted by Crippen LogP contribution is 2.37. The van der Waals surface area contributed by atoms with Gasteiger partial charge in [-0.05, 0) is 36.4 Å². The fourth-order valence-corrected chi connectivity index (χ4v) is 5.51. The second-order valence-electron chi connectivity index (χ2n) is 8.85. The third-order valence-corrected chi connectivity index (χ3v) is 6.99. The molecule has 0 radical (unpaired) electrons. The second kappa shape index (κ2) is 7.60. The molecular formula is C32H18N4. The molecule has 166 valence electrons. The van der Waals surface area contributed by atoms with Crippen molar-refractivity contribution in [3.63, 3.8) is 0 Å². The molecule has 0 saturated heterocycles. The van der Waals surface area contributed by atoms with Crippen LogP contribution in [0.1, 0.15) is 11.1 Å². The lowest BCUT2D eigenvalue weighted by atomic mass is 10.0. The summed E-state index contributed by atoms with van der Waals surface area (Å²) in [6, 6.07) is 41.5. The number of rotatable bonds is 2. The van der Waals surface area contributed by atoms with E-state index in [4.69, 9.17) is 0 Å². The molecule has 0 aliphatic rings. The van der Waals surface area contributed by atoms with E-state index in [-0.39, 0.29) is 0 Å². The van der Waals surface area contributed by atoms with Crippen LogP contribution in [0.5, 0.6) is 0 Å². The van der Waals surface area contributed by atoms with Crippen LogP contribution in [-0.4, -0.2) is 9.13 Å². The molecule has 2 heterocycles. The van der Waals surface area contributed by atoms with Crippen LogP contribution < -0.4 is 0 Å². The summed E-state index contributed by atoms with van der Waals surface area (Å²) in [5.41, 5.74) is 6.38. The topological polar surface area (TPSA) is 57.4 Å². The van der Waals surface area contributed by atoms with E-state index in [9.17, 15) is 10.5 Å². The lowest BCUT2D eigenvalue weighted by Crippen LogP contribution is -2.04. The lowest BCUT2D eigenvalue weighted by Gasteiger charge is -2.15. The maximum atomic E-state index is 10.2. The molecule has 7 aromatic rings. The number of hydrogen-bond donors (Lipinski definition) is 0. The summed E-state index contributed by atoms with van der Waals surface area (Å²) in [6.07, 6.45) is 0. The van der Waals surface area contributed by atoms with Crippen molar-refractivity contribution in [2.24, 2.45) is 0 Å². The van der Waals surface area contributed by atoms with Crippen molar-refractivity contribution in [2.75, 3.05) is 0 Å². The Bertz CT molecular complexity index is 1970. The number of para-hydroxylation sites is 4. The van der Waals surface area contributed by atoms with Crippen LogP contribution in [0.15, 0.2) is 109 Å². The van der Waals surface area contributed by atoms with Gasteiger partial charge in [-0.1, -0.05) is 72.8 Å². The van der Waals surface area contributed by atoms with Gasteiger partial charge in [-0.25, -0.2) is 0 Å². The molecule has 0 aliphatic heterocycles. The number of nitriles is 2. The Morgan fingerprint density at radius 1 is 0.472 bits per heavy atom. The Morgan fingerprint density at radius 3 is 1.31 bits per heavy atom. The molecular weight excluding hydrogens is 440 g/mol. The molecule has 0 atom stereocenters. The highest BCUT2D eigenvalue weighted by molar-refractivity contribution is 6.10. The van der Waals surface area contributed by atoms with Gasteiger partial charge in [-0.2, -0.15) is 10.5 Å². The van der Waals surface area contributed by atoms with Crippen LogP contribution in [0.4, 0.5) is 0 Å². The minimum Gasteiger partial charge on any atom is -0.309 e. The lowest BCUT2D eigenvalue weighted by molar-refractivity contribution is 1.12. The zero-order valence-electron chi connectivity index (χ0n) is 19.2. The zero-order chi connectivity index (χ0) is 24.2. The minimum atomic E-state index is 0.355. The number of benzene rings is 5. The van der Waals surface area contributed by atoms with E-state index in [0.29, 0.717) is 16.8 Å². The molecule has 2 aromatic heterocycles. The summed E-state index contributed by atoms with van der Waals surface area (Å²) in [7, 11) is 0. The molecule has 0 saturated carbocycles. The predicted molar refractivity (Wildman–Crippen MR) is 145 cm³/mol. The van der Waals surface area contributed by atoms with Gasteiger partial charge in [-0.3, -0.25) is 0 Å². The SMILES string of the molecule is N#Cc1cc(-n2c3ccccc3c3ccccc32)cc(-n2c3ccccc3c3ccccc32)c1C#N. The first-order valence-electron chi connectivity index (χ1n) is 11.8. The van der Waals surface area contributed by atoms with Gasteiger partial charge in [0.1, 0.15) is 12.1 Å². The molecule has 0 amide bonds. The van der Waals surface area contributed by atoms with Gasteiger partial charge in [0.05, 0.1) is 38.9 Å². The fraction of sp³-hybridized carbons (Fsp3) is 0. The summed E-state index contributed by atoms with van der Waals surface area (Å²) in [6.45, 7) is 0. The third kappa shape index (κ3) is 2.67. The van der Waals surface area contributed by atoms with Crippen LogP contribution in [0.2, 0.25) is 0 Å². The molecule has 36 heavy (non-hydrogen) atoms. The fourth-order valence-electron chi connectivity index (χ4n) is 5.51. The normalized spacial score (nSPS) is 11.3. The van der Waals surface area contributed by atoms with Gasteiger partial charge >= 0.3 is 0 Å². The van der Waals surface area contributed by atoms with Crippen molar-refractivity contribution >= 4 is 43.6 Å². The van der Waals surface area contributed by atoms with Crippen LogP contribution >= 0.6 is 0 Å². The maximum absolute atomic E-state index is 10.2. The van der Waals surface area contributed by atoms with E-state index in [1.807, 2.05) is 60.7 Å². The highest BCUT2D eigenvalue weighted by atomic mass is 15.0. The number of aromatic nitrogens is 2. The molecule has 0 aliphatic carbocycles. The maximum Gasteiger partial charge on any atom is 0.103 e. The average Bonchev–Trinajstić information content (AvgIpc) is 3.45. The van der Waals surface area contributed by atoms with Crippen LogP contribution in [0, 0.1) is 22.7 Å². The van der Waals surface area contributed by atoms with Gasteiger partial charge < -0.3 is 9.13 Å². The predicted octanol–water partition coefficient (Wildman–Crippen LogP) is 7.62. The number of fused-ring (bicyclic) bond motifs is 6. The molecule has 4 heteroatoms. The van der Waals surface area contributed by atoms with Crippen LogP contribution in [-0.2, 0) is 0 Å². The largest absolute Gasteiger partial charge is 0.309 e. The molecule has 0 unspecified atom stereocenters. The Kier molecular flexibility index (Phi) is 4.24. The Labute approximate surface area is 207 Å². The van der Waals surface area contributed by atoms with Crippen LogP contribution in [0.3, 0.4) is 0 Å². The number of nitrogens with zero attached hydrogens (tertiary/aromatic N) is 4. The molecule has 0 fully saturated rings. The third-order valence-electron chi connectivity index (χ3n) is 6.99. The van der Waals surface area contributed by atoms with Gasteiger partial charge in [0.15, 0.2) is 0 Å². The van der Waals surface area contributed by atoms with E-state index in [1.165, 1.54) is 0 Å². The van der Waals surface area contributed by atoms with Crippen molar-refractivity contribution in [1.29, 1.82) is 10.5 Å². The summed E-state index contributed by atoms with van der Waals surface area (Å²) >= 11 is 0. The molecule has 7 rings (SSSR count). The van der Waals surface area contributed by atoms with Crippen molar-refractivity contribution in [2.45, 2.75) is 0 Å². The van der Waals surface area contributed by atoms with Gasteiger partial charge in [0.2, 0.25) is 0 Å². The standard InChI is InChI=1S/C32H18N4/c33-19-21-17-22(35-28-13-5-1-9-23(28)24-10-2-6-14-29(24)35)18-32(27(21)20-34)36-30-15-7-3-11-25(30)26-12-4-8-16-31(26)36/h1-18H. The first-order chi connectivity index (χ1) is 17.8. The Hall–Kier alpha value is -5.32. The number of hydrogen-bond acceptors (Lipinski definition) is 2. The molecule has 0 spiro atoms. The van der Waals surface area contributed by atoms with Crippen molar-refractivity contribution in [3.05, 3.63) is 120 Å². The van der Waals surface area contributed by atoms with Crippen molar-refractivity contribution in [3.8, 4) is 23.5 Å². The van der Waals surface area contributed by atoms with Gasteiger partial charge in [-0.15, -0.1) is 0 Å². The summed E-state index contributed by atoms with van der Waals surface area (Å²) < 4.78 is 4.30. The van der Waals surface area contributed by atoms with Crippen LogP contribution in [0.25, 0.3) is 55.0 Å². The van der Waals surface area contributed by atoms with E-state index in [1.54, 1.807) is 0 Å². The average molecular weight is 459 g/mol. The van der Waals surface area contributed by atoms with E-state index < -0.39 is 0 Å². The van der Waals surface area contributed by atoms with Crippen molar-refractivity contribution < 1.29 is 0 Å². The van der Waals surface area contributed by atoms with E-state index >= 15 is 0 Å². The Morgan fingerprint density at radius 2 is 0.889 bits per heavy atom. The van der Waals surface area contributed by atoms with E-state index in [0.717, 1.165) is 49.3 Å².